The molecule has 0 aromatic rings. The maximum absolute atomic E-state index is 3.72. The predicted molar refractivity (Wildman–Crippen MR) is 67.2 cm³/mol. The molecule has 0 unspecified atom stereocenters. The van der Waals surface area contributed by atoms with Gasteiger partial charge in [-0.2, -0.15) is 0 Å². The van der Waals surface area contributed by atoms with Gasteiger partial charge in [-0.05, 0) is 41.2 Å². The second-order valence-electron chi connectivity index (χ2n) is 4.44. The molecule has 14 heavy (non-hydrogen) atoms. The lowest BCUT2D eigenvalue weighted by atomic mass is 10.3. The first-order valence-electron chi connectivity index (χ1n) is 5.55. The van der Waals surface area contributed by atoms with Gasteiger partial charge in [-0.3, -0.25) is 9.80 Å². The van der Waals surface area contributed by atoms with Gasteiger partial charge in [0.05, 0.1) is 9.68 Å². The van der Waals surface area contributed by atoms with Crippen molar-refractivity contribution >= 4 is 9.68 Å². The second-order valence-corrected chi connectivity index (χ2v) is 6.00. The van der Waals surface area contributed by atoms with Gasteiger partial charge in [-0.15, -0.1) is 0 Å². The first-order chi connectivity index (χ1) is 6.45. The van der Waals surface area contributed by atoms with E-state index < -0.39 is 0 Å². The topological polar surface area (TPSA) is 18.5 Å². The highest BCUT2D eigenvalue weighted by atomic mass is 28.2. The van der Waals surface area contributed by atoms with Crippen LogP contribution >= 0.6 is 0 Å². The second kappa shape index (κ2) is 6.56. The van der Waals surface area contributed by atoms with Crippen LogP contribution in [0.1, 0.15) is 26.7 Å². The molecular weight excluding hydrogens is 190 g/mol. The quantitative estimate of drug-likeness (QED) is 0.384. The summed E-state index contributed by atoms with van der Waals surface area (Å²) in [5.74, 6) is 0.0277. The first kappa shape index (κ1) is 14.1. The van der Waals surface area contributed by atoms with Gasteiger partial charge in [-0.25, -0.2) is 0 Å². The molecule has 0 aliphatic rings. The maximum atomic E-state index is 3.72. The van der Waals surface area contributed by atoms with Crippen LogP contribution < -0.4 is 4.98 Å². The van der Waals surface area contributed by atoms with E-state index in [1.54, 1.807) is 0 Å². The maximum Gasteiger partial charge on any atom is 0.118 e. The summed E-state index contributed by atoms with van der Waals surface area (Å²) in [6.07, 6.45) is 2.69. The number of nitrogens with one attached hydrogen (secondary N) is 1. The van der Waals surface area contributed by atoms with Gasteiger partial charge in [-0.1, -0.05) is 19.8 Å². The Bertz CT molecular complexity index is 140. The largest absolute Gasteiger partial charge is 0.314 e. The smallest absolute Gasteiger partial charge is 0.118 e. The summed E-state index contributed by atoms with van der Waals surface area (Å²) in [5, 5.41) is 0. The molecule has 0 saturated carbocycles. The van der Waals surface area contributed by atoms with Gasteiger partial charge in [0.2, 0.25) is 0 Å². The van der Waals surface area contributed by atoms with E-state index in [4.69, 9.17) is 0 Å². The van der Waals surface area contributed by atoms with Crippen LogP contribution in [0.2, 0.25) is 6.04 Å². The van der Waals surface area contributed by atoms with Crippen molar-refractivity contribution in [2.24, 2.45) is 0 Å². The molecule has 0 aromatic heterocycles. The number of nitrogens with zero attached hydrogens (tertiary/aromatic N) is 2. The Balaban J connectivity index is 3.98. The summed E-state index contributed by atoms with van der Waals surface area (Å²) in [6.45, 7) is 4.50. The van der Waals surface area contributed by atoms with Crippen LogP contribution in [0.5, 0.6) is 0 Å². The zero-order valence-electron chi connectivity index (χ0n) is 10.7. The van der Waals surface area contributed by atoms with Crippen LogP contribution in [0.25, 0.3) is 0 Å². The highest BCUT2D eigenvalue weighted by molar-refractivity contribution is 6.32. The number of rotatable bonds is 7. The Kier molecular flexibility index (Phi) is 6.60. The summed E-state index contributed by atoms with van der Waals surface area (Å²) in [7, 11) is 8.38. The minimum absolute atomic E-state index is 0.0277. The molecule has 0 amide bonds. The van der Waals surface area contributed by atoms with Crippen LogP contribution in [0.3, 0.4) is 0 Å². The Morgan fingerprint density at radius 3 is 2.00 bits per heavy atom. The van der Waals surface area contributed by atoms with Crippen LogP contribution in [-0.2, 0) is 0 Å². The molecule has 4 heteroatoms. The van der Waals surface area contributed by atoms with E-state index in [0.717, 1.165) is 0 Å². The summed E-state index contributed by atoms with van der Waals surface area (Å²) in [5.41, 5.74) is 0. The molecule has 0 aliphatic heterocycles. The van der Waals surface area contributed by atoms with Crippen LogP contribution in [0.4, 0.5) is 0 Å². The fourth-order valence-corrected chi connectivity index (χ4v) is 3.45. The van der Waals surface area contributed by atoms with Gasteiger partial charge >= 0.3 is 0 Å². The van der Waals surface area contributed by atoms with E-state index in [0.29, 0.717) is 0 Å². The van der Waals surface area contributed by atoms with Crippen molar-refractivity contribution in [2.45, 2.75) is 38.5 Å². The molecule has 0 radical (unpaired) electrons. The zero-order valence-corrected chi connectivity index (χ0v) is 12.1. The van der Waals surface area contributed by atoms with Gasteiger partial charge in [0, 0.05) is 0 Å². The highest BCUT2D eigenvalue weighted by Gasteiger charge is 2.27. The minimum Gasteiger partial charge on any atom is -0.314 e. The van der Waals surface area contributed by atoms with Crippen molar-refractivity contribution in [3.05, 3.63) is 0 Å². The van der Waals surface area contributed by atoms with E-state index in [1.807, 2.05) is 0 Å². The van der Waals surface area contributed by atoms with E-state index in [1.165, 1.54) is 18.9 Å². The van der Waals surface area contributed by atoms with Crippen molar-refractivity contribution in [3.63, 3.8) is 0 Å². The molecule has 0 saturated heterocycles. The summed E-state index contributed by atoms with van der Waals surface area (Å²) in [4.78, 5) is 8.20. The lowest BCUT2D eigenvalue weighted by molar-refractivity contribution is 0.00983. The van der Waals surface area contributed by atoms with E-state index >= 15 is 0 Å². The van der Waals surface area contributed by atoms with Crippen LogP contribution in [-0.4, -0.2) is 53.5 Å². The van der Waals surface area contributed by atoms with E-state index in [2.05, 4.69) is 56.8 Å². The molecule has 0 spiro atoms. The van der Waals surface area contributed by atoms with Crippen molar-refractivity contribution in [2.75, 3.05) is 28.2 Å². The SMILES string of the molecule is CCCC[SiH2]NC(C)(N(C)C)N(C)C. The van der Waals surface area contributed by atoms with Gasteiger partial charge in [0.1, 0.15) is 5.79 Å². The van der Waals surface area contributed by atoms with E-state index in [-0.39, 0.29) is 15.5 Å². The average molecular weight is 217 g/mol. The summed E-state index contributed by atoms with van der Waals surface area (Å²) < 4.78 is 0. The normalized spacial score (nSPS) is 13.7. The Morgan fingerprint density at radius 2 is 1.64 bits per heavy atom. The highest BCUT2D eigenvalue weighted by Crippen LogP contribution is 2.09. The lowest BCUT2D eigenvalue weighted by Crippen LogP contribution is -2.63. The Labute approximate surface area is 91.7 Å². The van der Waals surface area contributed by atoms with Gasteiger partial charge in [0.15, 0.2) is 0 Å². The Hall–Kier alpha value is 0.0969. The van der Waals surface area contributed by atoms with Crippen molar-refractivity contribution in [1.29, 1.82) is 0 Å². The Morgan fingerprint density at radius 1 is 1.14 bits per heavy atom. The van der Waals surface area contributed by atoms with Crippen LogP contribution in [0.15, 0.2) is 0 Å². The molecule has 0 aromatic carbocycles. The molecule has 0 heterocycles. The van der Waals surface area contributed by atoms with Crippen LogP contribution in [0, 0.1) is 0 Å². The molecule has 1 N–H and O–H groups in total. The first-order valence-corrected chi connectivity index (χ1v) is 7.25. The molecule has 0 rings (SSSR count). The third-order valence-corrected chi connectivity index (χ3v) is 4.76. The molecule has 0 bridgehead atoms. The van der Waals surface area contributed by atoms with Gasteiger partial charge in [0.25, 0.3) is 0 Å². The molecule has 0 atom stereocenters. The third kappa shape index (κ3) is 4.08. The fourth-order valence-electron chi connectivity index (χ4n) is 1.42. The fraction of sp³-hybridized carbons (Fsp3) is 1.00. The van der Waals surface area contributed by atoms with Crippen molar-refractivity contribution in [3.8, 4) is 0 Å². The van der Waals surface area contributed by atoms with E-state index in [9.17, 15) is 0 Å². The molecule has 0 fully saturated rings. The summed E-state index contributed by atoms with van der Waals surface area (Å²) >= 11 is 0. The number of unbranched alkanes of at least 4 members (excludes halogenated alkanes) is 1. The number of hydrogen-bond donors (Lipinski definition) is 1. The molecule has 86 valence electrons. The van der Waals surface area contributed by atoms with Crippen molar-refractivity contribution < 1.29 is 0 Å². The molecular formula is C10H27N3Si. The minimum atomic E-state index is -0.123. The standard InChI is InChI=1S/C10H27N3Si/c1-7-8-9-14-11-10(2,12(3)4)13(5)6/h11H,7-9,14H2,1-6H3. The third-order valence-electron chi connectivity index (χ3n) is 2.98. The zero-order chi connectivity index (χ0) is 11.2. The predicted octanol–water partition coefficient (Wildman–Crippen LogP) is 0.675. The number of hydrogen-bond acceptors (Lipinski definition) is 3. The lowest BCUT2D eigenvalue weighted by Gasteiger charge is -2.43. The summed E-state index contributed by atoms with van der Waals surface area (Å²) in [6, 6.07) is 1.40. The monoisotopic (exact) mass is 217 g/mol. The molecule has 0 aliphatic carbocycles. The average Bonchev–Trinajstić information content (AvgIpc) is 2.11. The molecule has 3 nitrogen and oxygen atoms in total. The van der Waals surface area contributed by atoms with Crippen molar-refractivity contribution in [1.82, 2.24) is 14.8 Å². The van der Waals surface area contributed by atoms with Gasteiger partial charge < -0.3 is 4.98 Å².